The van der Waals surface area contributed by atoms with Crippen molar-refractivity contribution in [2.45, 2.75) is 77.3 Å². The standard InChI is InChI=1S/C27H34N7O4S3/c1-14(2)10-32(18-7-8-18)27-30-20(12-40-27)23(36)34(19(11-35)9-17-5-6-17)24(37)22-15(3)33(26(38)31-28)25(41-22)21-13-39-16(4)29-21/h12-14,17-19,25H,5-10,28H2,1-4H3,(H,31,38)/t19-,25?/m0/s1. The van der Waals surface area contributed by atoms with Crippen molar-refractivity contribution in [3.8, 4) is 0 Å². The number of thioether (sulfide) groups is 1. The molecular weight excluding hydrogens is 583 g/mol. The summed E-state index contributed by atoms with van der Waals surface area (Å²) < 4.78 is 0. The van der Waals surface area contributed by atoms with Crippen molar-refractivity contribution in [1.29, 1.82) is 0 Å². The molecule has 2 fully saturated rings. The zero-order valence-corrected chi connectivity index (χ0v) is 25.9. The second-order valence-electron chi connectivity index (χ2n) is 11.1. The zero-order chi connectivity index (χ0) is 29.4. The van der Waals surface area contributed by atoms with Crippen molar-refractivity contribution in [2.24, 2.45) is 17.7 Å². The highest BCUT2D eigenvalue weighted by Gasteiger charge is 2.45. The summed E-state index contributed by atoms with van der Waals surface area (Å²) in [5.41, 5.74) is 3.17. The van der Waals surface area contributed by atoms with Crippen LogP contribution in [0.2, 0.25) is 0 Å². The topological polar surface area (TPSA) is 142 Å². The molecule has 2 aromatic heterocycles. The molecule has 3 aliphatic rings. The van der Waals surface area contributed by atoms with Crippen LogP contribution in [0.25, 0.3) is 0 Å². The Morgan fingerprint density at radius 1 is 1.12 bits per heavy atom. The van der Waals surface area contributed by atoms with E-state index in [0.717, 1.165) is 59.0 Å². The number of rotatable bonds is 11. The molecule has 2 atom stereocenters. The first kappa shape index (κ1) is 29.7. The van der Waals surface area contributed by atoms with Crippen LogP contribution in [0.1, 0.15) is 79.4 Å². The lowest BCUT2D eigenvalue weighted by molar-refractivity contribution is -0.125. The first-order chi connectivity index (χ1) is 19.6. The number of carbonyl (C=O) groups excluding carboxylic acids is 4. The van der Waals surface area contributed by atoms with Crippen molar-refractivity contribution in [2.75, 3.05) is 11.4 Å². The van der Waals surface area contributed by atoms with Gasteiger partial charge in [-0.1, -0.05) is 38.5 Å². The summed E-state index contributed by atoms with van der Waals surface area (Å²) in [6.45, 7) is 8.57. The third-order valence-corrected chi connectivity index (χ3v) is 10.3. The molecule has 2 aliphatic carbocycles. The number of hydrazine groups is 1. The van der Waals surface area contributed by atoms with Crippen molar-refractivity contribution < 1.29 is 19.2 Å². The summed E-state index contributed by atoms with van der Waals surface area (Å²) in [7, 11) is 0. The summed E-state index contributed by atoms with van der Waals surface area (Å²) in [4.78, 5) is 67.2. The van der Waals surface area contributed by atoms with Gasteiger partial charge >= 0.3 is 6.03 Å². The van der Waals surface area contributed by atoms with E-state index in [2.05, 4.69) is 34.1 Å². The van der Waals surface area contributed by atoms with Gasteiger partial charge < -0.3 is 4.90 Å². The van der Waals surface area contributed by atoms with E-state index in [4.69, 9.17) is 5.84 Å². The molecule has 219 valence electrons. The first-order valence-corrected chi connectivity index (χ1v) is 16.3. The lowest BCUT2D eigenvalue weighted by atomic mass is 10.1. The molecule has 2 aromatic rings. The van der Waals surface area contributed by atoms with E-state index < -0.39 is 29.3 Å². The number of allylic oxidation sites excluding steroid dienone is 1. The van der Waals surface area contributed by atoms with Crippen LogP contribution in [0.3, 0.4) is 0 Å². The molecule has 14 heteroatoms. The Morgan fingerprint density at radius 2 is 1.85 bits per heavy atom. The van der Waals surface area contributed by atoms with Crippen LogP contribution in [0.4, 0.5) is 9.93 Å². The lowest BCUT2D eigenvalue weighted by Crippen LogP contribution is -2.46. The number of aromatic nitrogens is 2. The van der Waals surface area contributed by atoms with Crippen molar-refractivity contribution in [3.05, 3.63) is 37.8 Å². The van der Waals surface area contributed by atoms with Gasteiger partial charge in [0.25, 0.3) is 11.8 Å². The molecule has 3 heterocycles. The van der Waals surface area contributed by atoms with Gasteiger partial charge in [-0.3, -0.25) is 29.6 Å². The number of hydrogen-bond acceptors (Lipinski definition) is 11. The van der Waals surface area contributed by atoms with Crippen LogP contribution >= 0.6 is 34.4 Å². The largest absolute Gasteiger partial charge is 0.345 e. The number of carbonyl (C=O) groups is 3. The summed E-state index contributed by atoms with van der Waals surface area (Å²) in [5.74, 6) is 4.84. The fourth-order valence-electron chi connectivity index (χ4n) is 4.90. The third kappa shape index (κ3) is 6.35. The Labute approximate surface area is 251 Å². The number of amides is 4. The van der Waals surface area contributed by atoms with Crippen molar-refractivity contribution in [1.82, 2.24) is 25.2 Å². The van der Waals surface area contributed by atoms with E-state index in [0.29, 0.717) is 29.8 Å². The van der Waals surface area contributed by atoms with Gasteiger partial charge in [0.1, 0.15) is 17.1 Å². The van der Waals surface area contributed by atoms with E-state index in [-0.39, 0.29) is 16.5 Å². The molecule has 11 nitrogen and oxygen atoms in total. The highest BCUT2D eigenvalue weighted by Crippen LogP contribution is 2.49. The van der Waals surface area contributed by atoms with Crippen LogP contribution in [-0.2, 0) is 9.59 Å². The van der Waals surface area contributed by atoms with E-state index in [1.54, 1.807) is 12.3 Å². The first-order valence-electron chi connectivity index (χ1n) is 13.7. The van der Waals surface area contributed by atoms with Gasteiger partial charge in [0.05, 0.1) is 15.6 Å². The van der Waals surface area contributed by atoms with Gasteiger partial charge in [0, 0.05) is 29.0 Å². The number of thiazole rings is 2. The normalized spacial score (nSPS) is 19.5. The average Bonchev–Trinajstić information content (AvgIpc) is 3.83. The molecule has 5 rings (SSSR count). The van der Waals surface area contributed by atoms with Gasteiger partial charge in [-0.2, -0.15) is 0 Å². The fraction of sp³-hybridized carbons (Fsp3) is 0.556. The third-order valence-electron chi connectivity index (χ3n) is 7.23. The number of anilines is 1. The molecule has 1 aliphatic heterocycles. The molecule has 1 radical (unpaired) electrons. The number of urea groups is 1. The minimum absolute atomic E-state index is 0.119. The smallest absolute Gasteiger partial charge is 0.337 e. The summed E-state index contributed by atoms with van der Waals surface area (Å²) in [6, 6.07) is -1.28. The number of nitrogens with two attached hydrogens (primary N) is 1. The molecule has 4 amide bonds. The molecule has 0 spiro atoms. The van der Waals surface area contributed by atoms with E-state index in [1.807, 2.05) is 18.6 Å². The van der Waals surface area contributed by atoms with Crippen LogP contribution in [0.5, 0.6) is 0 Å². The van der Waals surface area contributed by atoms with Crippen LogP contribution in [0.15, 0.2) is 21.4 Å². The van der Waals surface area contributed by atoms with Crippen molar-refractivity contribution in [3.63, 3.8) is 0 Å². The predicted octanol–water partition coefficient (Wildman–Crippen LogP) is 4.34. The summed E-state index contributed by atoms with van der Waals surface area (Å²) in [6.07, 6.45) is 6.35. The molecule has 3 N–H and O–H groups in total. The Hall–Kier alpha value is -2.81. The lowest BCUT2D eigenvalue weighted by Gasteiger charge is -2.26. The van der Waals surface area contributed by atoms with Crippen molar-refractivity contribution >= 4 is 63.7 Å². The summed E-state index contributed by atoms with van der Waals surface area (Å²) >= 11 is 3.90. The number of imide groups is 1. The molecule has 0 aromatic carbocycles. The monoisotopic (exact) mass is 616 g/mol. The minimum atomic E-state index is -1.07. The maximum Gasteiger partial charge on any atom is 0.337 e. The maximum absolute atomic E-state index is 14.2. The zero-order valence-electron chi connectivity index (χ0n) is 23.5. The molecule has 41 heavy (non-hydrogen) atoms. The second-order valence-corrected chi connectivity index (χ2v) is 14.1. The number of aryl methyl sites for hydroxylation is 1. The van der Waals surface area contributed by atoms with Gasteiger partial charge in [0.15, 0.2) is 5.13 Å². The molecular formula is C27H34N7O4S3. The number of hydrogen-bond donors (Lipinski definition) is 2. The fourth-order valence-corrected chi connectivity index (χ4v) is 7.79. The Balaban J connectivity index is 1.48. The number of nitrogens with zero attached hydrogens (tertiary/aromatic N) is 5. The second kappa shape index (κ2) is 12.2. The Morgan fingerprint density at radius 3 is 2.41 bits per heavy atom. The Kier molecular flexibility index (Phi) is 8.83. The molecule has 2 saturated carbocycles. The highest BCUT2D eigenvalue weighted by atomic mass is 32.2. The van der Waals surface area contributed by atoms with Gasteiger partial charge in [-0.25, -0.2) is 20.6 Å². The van der Waals surface area contributed by atoms with E-state index >= 15 is 0 Å². The van der Waals surface area contributed by atoms with Gasteiger partial charge in [0.2, 0.25) is 6.29 Å². The molecule has 1 unspecified atom stereocenters. The Bertz CT molecular complexity index is 1360. The predicted molar refractivity (Wildman–Crippen MR) is 160 cm³/mol. The SMILES string of the molecule is CC1=C(C(=O)N(C(=O)c2csc(N(CC(C)C)C3CC3)n2)[C@H]([C]=O)CC2CC2)SC(c2csc(C)n2)N1C(=O)NN. The maximum atomic E-state index is 14.2. The summed E-state index contributed by atoms with van der Waals surface area (Å²) in [5, 5.41) is 4.36. The molecule has 0 bridgehead atoms. The highest BCUT2D eigenvalue weighted by molar-refractivity contribution is 8.04. The van der Waals surface area contributed by atoms with Gasteiger partial charge in [-0.15, -0.1) is 22.7 Å². The average molecular weight is 617 g/mol. The van der Waals surface area contributed by atoms with Gasteiger partial charge in [-0.05, 0) is 44.9 Å². The minimum Gasteiger partial charge on any atom is -0.345 e. The van der Waals surface area contributed by atoms with Crippen LogP contribution < -0.4 is 16.2 Å². The van der Waals surface area contributed by atoms with Crippen LogP contribution in [0, 0.1) is 18.8 Å². The quantitative estimate of drug-likeness (QED) is 0.163. The molecule has 0 saturated heterocycles. The van der Waals surface area contributed by atoms with E-state index in [1.165, 1.54) is 27.6 Å². The number of nitrogens with one attached hydrogen (secondary N) is 1. The van der Waals surface area contributed by atoms with Crippen LogP contribution in [-0.4, -0.2) is 62.5 Å². The van der Waals surface area contributed by atoms with E-state index in [9.17, 15) is 19.2 Å².